The molecular formula is C18H26O4. The largest absolute Gasteiger partial charge is 0.481 e. The zero-order valence-electron chi connectivity index (χ0n) is 13.1. The lowest BCUT2D eigenvalue weighted by molar-refractivity contribution is -0.137. The van der Waals surface area contributed by atoms with Gasteiger partial charge in [-0.2, -0.15) is 0 Å². The number of hydrogen-bond donors (Lipinski definition) is 2. The number of carboxylic acids is 1. The van der Waals surface area contributed by atoms with Crippen LogP contribution in [-0.2, 0) is 9.59 Å². The molecule has 22 heavy (non-hydrogen) atoms. The maximum absolute atomic E-state index is 10.9. The van der Waals surface area contributed by atoms with Crippen molar-refractivity contribution >= 4 is 12.3 Å². The van der Waals surface area contributed by atoms with Crippen molar-refractivity contribution in [1.29, 1.82) is 0 Å². The van der Waals surface area contributed by atoms with E-state index in [0.29, 0.717) is 24.8 Å². The number of aliphatic carboxylic acids is 1. The minimum atomic E-state index is -0.762. The van der Waals surface area contributed by atoms with Crippen molar-refractivity contribution in [3.63, 3.8) is 0 Å². The van der Waals surface area contributed by atoms with Gasteiger partial charge in [-0.05, 0) is 37.7 Å². The van der Waals surface area contributed by atoms with Gasteiger partial charge in [0.05, 0.1) is 6.10 Å². The first kappa shape index (κ1) is 20.1. The zero-order chi connectivity index (χ0) is 16.6. The molecule has 122 valence electrons. The average molecular weight is 306 g/mol. The van der Waals surface area contributed by atoms with E-state index in [1.807, 2.05) is 19.1 Å². The van der Waals surface area contributed by atoms with Gasteiger partial charge < -0.3 is 10.2 Å². The van der Waals surface area contributed by atoms with Crippen LogP contribution >= 0.6 is 0 Å². The van der Waals surface area contributed by atoms with Gasteiger partial charge in [-0.3, -0.25) is 9.59 Å². The molecule has 0 aromatic heterocycles. The first-order valence-electron chi connectivity index (χ1n) is 7.64. The van der Waals surface area contributed by atoms with Gasteiger partial charge >= 0.3 is 5.97 Å². The van der Waals surface area contributed by atoms with E-state index < -0.39 is 12.1 Å². The summed E-state index contributed by atoms with van der Waals surface area (Å²) in [5.74, 6) is -0.762. The third kappa shape index (κ3) is 13.1. The smallest absolute Gasteiger partial charge is 0.303 e. The molecule has 0 aliphatic heterocycles. The van der Waals surface area contributed by atoms with Crippen molar-refractivity contribution in [3.8, 4) is 0 Å². The van der Waals surface area contributed by atoms with E-state index in [4.69, 9.17) is 5.11 Å². The molecule has 2 N–H and O–H groups in total. The summed E-state index contributed by atoms with van der Waals surface area (Å²) in [4.78, 5) is 21.2. The summed E-state index contributed by atoms with van der Waals surface area (Å²) in [5, 5.41) is 17.8. The highest BCUT2D eigenvalue weighted by atomic mass is 16.4. The number of carbonyl (C=O) groups is 2. The molecule has 0 spiro atoms. The summed E-state index contributed by atoms with van der Waals surface area (Å²) in [6, 6.07) is 0. The maximum atomic E-state index is 10.9. The third-order valence-corrected chi connectivity index (χ3v) is 2.97. The van der Waals surface area contributed by atoms with Crippen molar-refractivity contribution in [2.45, 2.75) is 51.6 Å². The first-order valence-corrected chi connectivity index (χ1v) is 7.64. The number of hydrogen-bond acceptors (Lipinski definition) is 3. The van der Waals surface area contributed by atoms with Crippen LogP contribution in [0, 0.1) is 0 Å². The van der Waals surface area contributed by atoms with Crippen LogP contribution < -0.4 is 0 Å². The van der Waals surface area contributed by atoms with Crippen LogP contribution in [0.5, 0.6) is 0 Å². The minimum Gasteiger partial charge on any atom is -0.481 e. The van der Waals surface area contributed by atoms with Gasteiger partial charge in [-0.25, -0.2) is 0 Å². The summed E-state index contributed by atoms with van der Waals surface area (Å²) in [6.07, 6.45) is 16.8. The zero-order valence-corrected chi connectivity index (χ0v) is 13.1. The van der Waals surface area contributed by atoms with E-state index in [0.717, 1.165) is 19.1 Å². The number of carboxylic acid groups (broad SMARTS) is 1. The fourth-order valence-electron chi connectivity index (χ4n) is 1.60. The Morgan fingerprint density at radius 1 is 1.14 bits per heavy atom. The van der Waals surface area contributed by atoms with E-state index in [9.17, 15) is 14.7 Å². The van der Waals surface area contributed by atoms with Gasteiger partial charge in [-0.1, -0.05) is 49.5 Å². The van der Waals surface area contributed by atoms with Crippen molar-refractivity contribution in [2.75, 3.05) is 0 Å². The second-order valence-corrected chi connectivity index (χ2v) is 4.92. The third-order valence-electron chi connectivity index (χ3n) is 2.97. The number of aliphatic hydroxyl groups is 1. The molecule has 1 unspecified atom stereocenters. The number of aldehydes is 1. The second-order valence-electron chi connectivity index (χ2n) is 4.92. The molecule has 0 aliphatic rings. The highest BCUT2D eigenvalue weighted by Crippen LogP contribution is 2.04. The lowest BCUT2D eigenvalue weighted by atomic mass is 10.1. The van der Waals surface area contributed by atoms with Gasteiger partial charge in [0.15, 0.2) is 0 Å². The normalized spacial score (nSPS) is 14.2. The van der Waals surface area contributed by atoms with Crippen LogP contribution in [0.25, 0.3) is 0 Å². The Labute approximate surface area is 132 Å². The van der Waals surface area contributed by atoms with Crippen molar-refractivity contribution < 1.29 is 19.8 Å². The summed E-state index contributed by atoms with van der Waals surface area (Å²) in [6.45, 7) is 1.90. The molecule has 0 saturated carbocycles. The quantitative estimate of drug-likeness (QED) is 0.190. The van der Waals surface area contributed by atoms with Crippen molar-refractivity contribution in [2.24, 2.45) is 0 Å². The number of carbonyl (C=O) groups excluding carboxylic acids is 1. The predicted molar refractivity (Wildman–Crippen MR) is 88.6 cm³/mol. The van der Waals surface area contributed by atoms with Crippen molar-refractivity contribution in [1.82, 2.24) is 0 Å². The highest BCUT2D eigenvalue weighted by molar-refractivity contribution is 5.74. The van der Waals surface area contributed by atoms with Gasteiger partial charge in [0.2, 0.25) is 0 Å². The minimum absolute atomic E-state index is 0.207. The predicted octanol–water partition coefficient (Wildman–Crippen LogP) is 3.59. The highest BCUT2D eigenvalue weighted by Gasteiger charge is 1.94. The number of allylic oxidation sites excluding steroid dienone is 7. The van der Waals surface area contributed by atoms with Crippen LogP contribution in [0.4, 0.5) is 0 Å². The fraction of sp³-hybridized carbons (Fsp3) is 0.444. The molecule has 0 aliphatic carbocycles. The molecule has 0 bridgehead atoms. The Balaban J connectivity index is 4.01. The molecule has 1 atom stereocenters. The van der Waals surface area contributed by atoms with Crippen molar-refractivity contribution in [3.05, 3.63) is 48.1 Å². The number of unbranched alkanes of at least 4 members (excludes halogenated alkanes) is 2. The molecule has 0 heterocycles. The van der Waals surface area contributed by atoms with Crippen LogP contribution in [0.1, 0.15) is 45.4 Å². The maximum Gasteiger partial charge on any atom is 0.303 e. The van der Waals surface area contributed by atoms with E-state index in [-0.39, 0.29) is 6.42 Å². The lowest BCUT2D eigenvalue weighted by Gasteiger charge is -1.96. The van der Waals surface area contributed by atoms with E-state index in [1.54, 1.807) is 30.4 Å². The average Bonchev–Trinajstić information content (AvgIpc) is 2.50. The lowest BCUT2D eigenvalue weighted by Crippen LogP contribution is -1.97. The summed E-state index contributed by atoms with van der Waals surface area (Å²) >= 11 is 0. The molecule has 0 saturated heterocycles. The van der Waals surface area contributed by atoms with Gasteiger partial charge in [0, 0.05) is 6.42 Å². The van der Waals surface area contributed by atoms with Gasteiger partial charge in [0.1, 0.15) is 6.29 Å². The standard InChI is InChI=1S/C18H26O4/c1-2-17(20)13-9-6-8-12-16(15-19)11-7-4-3-5-10-14-18(21)22/h4,6-9,12-13,15,17,20H,2-3,5,10-11,14H2,1H3,(H,21,22)/b7-4-,8-6+,13-9+,16-12+. The molecule has 0 amide bonds. The molecule has 0 aromatic carbocycles. The second kappa shape index (κ2) is 14.0. The SMILES string of the molecule is CCC(O)/C=C/C=C/C=C(/C=O)C/C=C\CCCCC(=O)O. The molecular weight excluding hydrogens is 280 g/mol. The molecule has 4 heteroatoms. The topological polar surface area (TPSA) is 74.6 Å². The summed E-state index contributed by atoms with van der Waals surface area (Å²) in [5.41, 5.74) is 0.669. The molecule has 0 aromatic rings. The summed E-state index contributed by atoms with van der Waals surface area (Å²) in [7, 11) is 0. The Hall–Kier alpha value is -1.94. The van der Waals surface area contributed by atoms with Gasteiger partial charge in [-0.15, -0.1) is 0 Å². The van der Waals surface area contributed by atoms with E-state index in [2.05, 4.69) is 0 Å². The summed E-state index contributed by atoms with van der Waals surface area (Å²) < 4.78 is 0. The van der Waals surface area contributed by atoms with Crippen LogP contribution in [0.3, 0.4) is 0 Å². The molecule has 4 nitrogen and oxygen atoms in total. The van der Waals surface area contributed by atoms with Gasteiger partial charge in [0.25, 0.3) is 0 Å². The van der Waals surface area contributed by atoms with Crippen LogP contribution in [0.15, 0.2) is 48.1 Å². The van der Waals surface area contributed by atoms with E-state index in [1.165, 1.54) is 0 Å². The number of rotatable bonds is 12. The monoisotopic (exact) mass is 306 g/mol. The van der Waals surface area contributed by atoms with Crippen LogP contribution in [0.2, 0.25) is 0 Å². The van der Waals surface area contributed by atoms with Crippen LogP contribution in [-0.4, -0.2) is 28.6 Å². The Morgan fingerprint density at radius 2 is 1.91 bits per heavy atom. The fourth-order valence-corrected chi connectivity index (χ4v) is 1.60. The Morgan fingerprint density at radius 3 is 2.55 bits per heavy atom. The Kier molecular flexibility index (Phi) is 12.8. The Bertz CT molecular complexity index is 430. The molecule has 0 fully saturated rings. The molecule has 0 rings (SSSR count). The van der Waals surface area contributed by atoms with E-state index >= 15 is 0 Å². The number of aliphatic hydroxyl groups excluding tert-OH is 1. The first-order chi connectivity index (χ1) is 10.6. The molecule has 0 radical (unpaired) electrons.